The molecule has 0 amide bonds. The third-order valence-electron chi connectivity index (χ3n) is 2.74. The van der Waals surface area contributed by atoms with Crippen molar-refractivity contribution in [3.05, 3.63) is 48.0 Å². The Morgan fingerprint density at radius 1 is 1.10 bits per heavy atom. The molecule has 0 fully saturated rings. The van der Waals surface area contributed by atoms with Gasteiger partial charge in [-0.2, -0.15) is 5.26 Å². The Bertz CT molecular complexity index is 775. The number of hydrogen-bond donors (Lipinski definition) is 2. The topological polar surface area (TPSA) is 96.0 Å². The average Bonchev–Trinajstić information content (AvgIpc) is 2.40. The average molecular weight is 287 g/mol. The summed E-state index contributed by atoms with van der Waals surface area (Å²) in [5.41, 5.74) is 7.90. The predicted molar refractivity (Wildman–Crippen MR) is 78.4 cm³/mol. The van der Waals surface area contributed by atoms with Gasteiger partial charge in [0.2, 0.25) is 0 Å². The summed E-state index contributed by atoms with van der Waals surface area (Å²) in [6.07, 6.45) is 1.16. The van der Waals surface area contributed by atoms with Crippen molar-refractivity contribution in [1.82, 2.24) is 0 Å². The molecule has 0 radical (unpaired) electrons. The van der Waals surface area contributed by atoms with Gasteiger partial charge >= 0.3 is 0 Å². The molecule has 5 nitrogen and oxygen atoms in total. The van der Waals surface area contributed by atoms with Crippen molar-refractivity contribution in [1.29, 1.82) is 5.26 Å². The number of anilines is 3. The van der Waals surface area contributed by atoms with E-state index in [9.17, 15) is 8.42 Å². The highest BCUT2D eigenvalue weighted by Gasteiger charge is 2.06. The van der Waals surface area contributed by atoms with Crippen LogP contribution in [0.1, 0.15) is 5.56 Å². The Balaban J connectivity index is 2.25. The Morgan fingerprint density at radius 2 is 1.70 bits per heavy atom. The molecular weight excluding hydrogens is 274 g/mol. The van der Waals surface area contributed by atoms with Crippen molar-refractivity contribution in [3.8, 4) is 6.07 Å². The number of nitrogens with one attached hydrogen (secondary N) is 1. The Morgan fingerprint density at radius 3 is 2.25 bits per heavy atom. The lowest BCUT2D eigenvalue weighted by molar-refractivity contribution is 0.602. The third kappa shape index (κ3) is 3.08. The van der Waals surface area contributed by atoms with E-state index >= 15 is 0 Å². The minimum absolute atomic E-state index is 0.262. The Kier molecular flexibility index (Phi) is 3.63. The van der Waals surface area contributed by atoms with Crippen LogP contribution >= 0.6 is 0 Å². The fraction of sp³-hybridized carbons (Fsp3) is 0.0714. The van der Waals surface area contributed by atoms with E-state index in [-0.39, 0.29) is 4.90 Å². The maximum Gasteiger partial charge on any atom is 0.175 e. The van der Waals surface area contributed by atoms with Gasteiger partial charge in [-0.3, -0.25) is 0 Å². The van der Waals surface area contributed by atoms with Crippen molar-refractivity contribution >= 4 is 26.9 Å². The van der Waals surface area contributed by atoms with Crippen LogP contribution in [-0.2, 0) is 9.84 Å². The molecule has 6 heteroatoms. The van der Waals surface area contributed by atoms with Crippen LogP contribution in [0.15, 0.2) is 47.4 Å². The van der Waals surface area contributed by atoms with Gasteiger partial charge in [0.15, 0.2) is 9.84 Å². The van der Waals surface area contributed by atoms with Crippen molar-refractivity contribution in [2.45, 2.75) is 4.90 Å². The van der Waals surface area contributed by atoms with E-state index in [4.69, 9.17) is 11.0 Å². The second kappa shape index (κ2) is 5.23. The molecule has 0 atom stereocenters. The number of hydrogen-bond acceptors (Lipinski definition) is 5. The second-order valence-corrected chi connectivity index (χ2v) is 6.35. The maximum atomic E-state index is 11.4. The zero-order valence-corrected chi connectivity index (χ0v) is 11.6. The molecule has 0 bridgehead atoms. The minimum atomic E-state index is -3.20. The highest BCUT2D eigenvalue weighted by molar-refractivity contribution is 7.90. The third-order valence-corrected chi connectivity index (χ3v) is 3.87. The molecule has 0 aliphatic rings. The standard InChI is InChI=1S/C14H13N3O2S/c1-20(18,19)13-5-2-11(3-6-13)17-12-4-7-14(16)10(8-12)9-15/h2-8,17H,16H2,1H3. The predicted octanol–water partition coefficient (Wildman–Crippen LogP) is 2.29. The molecule has 2 aromatic carbocycles. The van der Waals surface area contributed by atoms with E-state index < -0.39 is 9.84 Å². The number of benzene rings is 2. The normalized spacial score (nSPS) is 10.8. The van der Waals surface area contributed by atoms with Gasteiger partial charge in [-0.1, -0.05) is 0 Å². The van der Waals surface area contributed by atoms with E-state index in [0.29, 0.717) is 16.9 Å². The van der Waals surface area contributed by atoms with Crippen LogP contribution in [-0.4, -0.2) is 14.7 Å². The molecule has 0 saturated heterocycles. The number of nitrogen functional groups attached to an aromatic ring is 1. The fourth-order valence-corrected chi connectivity index (χ4v) is 2.31. The van der Waals surface area contributed by atoms with Gasteiger partial charge in [0.1, 0.15) is 6.07 Å². The first-order valence-electron chi connectivity index (χ1n) is 5.77. The molecular formula is C14H13N3O2S. The summed E-state index contributed by atoms with van der Waals surface area (Å²) in [5, 5.41) is 12.0. The highest BCUT2D eigenvalue weighted by Crippen LogP contribution is 2.22. The van der Waals surface area contributed by atoms with E-state index in [1.807, 2.05) is 6.07 Å². The van der Waals surface area contributed by atoms with Crippen LogP contribution < -0.4 is 11.1 Å². The number of nitrogens with two attached hydrogens (primary N) is 1. The van der Waals surface area contributed by atoms with Crippen LogP contribution in [0.3, 0.4) is 0 Å². The van der Waals surface area contributed by atoms with Crippen molar-refractivity contribution in [3.63, 3.8) is 0 Å². The van der Waals surface area contributed by atoms with Crippen LogP contribution in [0, 0.1) is 11.3 Å². The summed E-state index contributed by atoms with van der Waals surface area (Å²) in [4.78, 5) is 0.262. The summed E-state index contributed by atoms with van der Waals surface area (Å²) in [7, 11) is -3.20. The van der Waals surface area contributed by atoms with Gasteiger partial charge in [0.05, 0.1) is 10.5 Å². The molecule has 102 valence electrons. The first kappa shape index (κ1) is 13.9. The molecule has 0 aliphatic heterocycles. The number of rotatable bonds is 3. The summed E-state index contributed by atoms with van der Waals surface area (Å²) in [6.45, 7) is 0. The number of nitriles is 1. The molecule has 0 aliphatic carbocycles. The molecule has 0 spiro atoms. The smallest absolute Gasteiger partial charge is 0.175 e. The quantitative estimate of drug-likeness (QED) is 0.844. The van der Waals surface area contributed by atoms with Crippen molar-refractivity contribution < 1.29 is 8.42 Å². The lowest BCUT2D eigenvalue weighted by Gasteiger charge is -2.08. The van der Waals surface area contributed by atoms with Gasteiger partial charge in [0.25, 0.3) is 0 Å². The van der Waals surface area contributed by atoms with E-state index in [2.05, 4.69) is 5.32 Å². The zero-order valence-electron chi connectivity index (χ0n) is 10.8. The van der Waals surface area contributed by atoms with E-state index in [0.717, 1.165) is 11.9 Å². The molecule has 0 saturated carbocycles. The largest absolute Gasteiger partial charge is 0.398 e. The first-order chi connectivity index (χ1) is 9.40. The minimum Gasteiger partial charge on any atom is -0.398 e. The van der Waals surface area contributed by atoms with Crippen LogP contribution in [0.5, 0.6) is 0 Å². The zero-order chi connectivity index (χ0) is 14.8. The maximum absolute atomic E-state index is 11.4. The van der Waals surface area contributed by atoms with E-state index in [1.165, 1.54) is 12.1 Å². The van der Waals surface area contributed by atoms with Crippen LogP contribution in [0.2, 0.25) is 0 Å². The first-order valence-corrected chi connectivity index (χ1v) is 7.66. The second-order valence-electron chi connectivity index (χ2n) is 4.34. The Hall–Kier alpha value is -2.52. The molecule has 3 N–H and O–H groups in total. The lowest BCUT2D eigenvalue weighted by atomic mass is 10.1. The summed E-state index contributed by atoms with van der Waals surface area (Å²) >= 11 is 0. The van der Waals surface area contributed by atoms with E-state index in [1.54, 1.807) is 30.3 Å². The van der Waals surface area contributed by atoms with Crippen LogP contribution in [0.4, 0.5) is 17.1 Å². The number of nitrogens with zero attached hydrogens (tertiary/aromatic N) is 1. The molecule has 0 heterocycles. The van der Waals surface area contributed by atoms with Crippen molar-refractivity contribution in [2.24, 2.45) is 0 Å². The number of sulfone groups is 1. The molecule has 2 aromatic rings. The van der Waals surface area contributed by atoms with Crippen LogP contribution in [0.25, 0.3) is 0 Å². The molecule has 0 unspecified atom stereocenters. The van der Waals surface area contributed by atoms with Gasteiger partial charge in [-0.15, -0.1) is 0 Å². The van der Waals surface area contributed by atoms with Gasteiger partial charge in [-0.25, -0.2) is 8.42 Å². The fourth-order valence-electron chi connectivity index (χ4n) is 1.68. The van der Waals surface area contributed by atoms with Gasteiger partial charge in [0, 0.05) is 23.3 Å². The monoisotopic (exact) mass is 287 g/mol. The van der Waals surface area contributed by atoms with Gasteiger partial charge in [-0.05, 0) is 42.5 Å². The summed E-state index contributed by atoms with van der Waals surface area (Å²) in [6, 6.07) is 13.4. The SMILES string of the molecule is CS(=O)(=O)c1ccc(Nc2ccc(N)c(C#N)c2)cc1. The van der Waals surface area contributed by atoms with Crippen molar-refractivity contribution in [2.75, 3.05) is 17.3 Å². The molecule has 20 heavy (non-hydrogen) atoms. The molecule has 0 aromatic heterocycles. The summed E-state index contributed by atoms with van der Waals surface area (Å²) < 4.78 is 22.7. The highest BCUT2D eigenvalue weighted by atomic mass is 32.2. The van der Waals surface area contributed by atoms with Gasteiger partial charge < -0.3 is 11.1 Å². The molecule has 2 rings (SSSR count). The Labute approximate surface area is 117 Å². The summed E-state index contributed by atoms with van der Waals surface area (Å²) in [5.74, 6) is 0. The lowest BCUT2D eigenvalue weighted by Crippen LogP contribution is -1.98.